The number of hydrogen-bond donors (Lipinski definition) is 1. The molecule has 0 spiro atoms. The number of hydrogen-bond acceptors (Lipinski definition) is 8. The highest BCUT2D eigenvalue weighted by molar-refractivity contribution is 7.89. The molecule has 12 heteroatoms. The number of sulfonamides is 1. The number of anilines is 1. The van der Waals surface area contributed by atoms with Gasteiger partial charge in [0, 0.05) is 37.3 Å². The Morgan fingerprint density at radius 1 is 1.03 bits per heavy atom. The minimum absolute atomic E-state index is 0.127. The molecular formula is C25H26FN5O5S. The van der Waals surface area contributed by atoms with Gasteiger partial charge in [0.15, 0.2) is 11.5 Å². The summed E-state index contributed by atoms with van der Waals surface area (Å²) in [5.74, 6) is -0.487. The fraction of sp³-hybridized carbons (Fsp3) is 0.280. The number of ether oxygens (including phenoxy) is 1. The molecule has 0 saturated carbocycles. The summed E-state index contributed by atoms with van der Waals surface area (Å²) in [5, 5.41) is 7.81. The fourth-order valence-electron chi connectivity index (χ4n) is 3.96. The molecule has 1 N–H and O–H groups in total. The Labute approximate surface area is 214 Å². The second kappa shape index (κ2) is 10.9. The van der Waals surface area contributed by atoms with Crippen molar-refractivity contribution >= 4 is 27.7 Å². The SMILES string of the molecule is CCOc1cccc(-c2ccc(C(=O)N3CCN(c4ccc(C(=O)NS(C)(=O)=O)nn4)CC3)cc2F)c1. The first-order chi connectivity index (χ1) is 17.6. The number of aromatic nitrogens is 2. The van der Waals surface area contributed by atoms with Crippen LogP contribution in [0.3, 0.4) is 0 Å². The predicted octanol–water partition coefficient (Wildman–Crippen LogP) is 2.33. The molecule has 10 nitrogen and oxygen atoms in total. The minimum Gasteiger partial charge on any atom is -0.494 e. The van der Waals surface area contributed by atoms with Gasteiger partial charge in [-0.25, -0.2) is 17.5 Å². The Hall–Kier alpha value is -4.06. The highest BCUT2D eigenvalue weighted by atomic mass is 32.2. The lowest BCUT2D eigenvalue weighted by atomic mass is 10.0. The first-order valence-electron chi connectivity index (χ1n) is 11.6. The number of amides is 2. The van der Waals surface area contributed by atoms with E-state index in [1.54, 1.807) is 47.4 Å². The summed E-state index contributed by atoms with van der Waals surface area (Å²) in [7, 11) is -3.71. The molecule has 3 aromatic rings. The van der Waals surface area contributed by atoms with Crippen molar-refractivity contribution in [3.63, 3.8) is 0 Å². The van der Waals surface area contributed by atoms with Gasteiger partial charge in [-0.05, 0) is 48.9 Å². The maximum Gasteiger partial charge on any atom is 0.285 e. The summed E-state index contributed by atoms with van der Waals surface area (Å²) in [6.07, 6.45) is 0.873. The highest BCUT2D eigenvalue weighted by Crippen LogP contribution is 2.27. The van der Waals surface area contributed by atoms with Crippen LogP contribution in [0.1, 0.15) is 27.8 Å². The Morgan fingerprint density at radius 2 is 1.78 bits per heavy atom. The van der Waals surface area contributed by atoms with Crippen LogP contribution in [0.2, 0.25) is 0 Å². The van der Waals surface area contributed by atoms with Crippen LogP contribution in [0.15, 0.2) is 54.6 Å². The second-order valence-electron chi connectivity index (χ2n) is 8.41. The van der Waals surface area contributed by atoms with Gasteiger partial charge in [0.2, 0.25) is 10.0 Å². The molecule has 194 valence electrons. The van der Waals surface area contributed by atoms with Crippen LogP contribution in [0.25, 0.3) is 11.1 Å². The molecule has 0 unspecified atom stereocenters. The number of piperazine rings is 1. The van der Waals surface area contributed by atoms with E-state index in [1.165, 1.54) is 12.1 Å². The number of nitrogens with one attached hydrogen (secondary N) is 1. The number of carbonyl (C=O) groups excluding carboxylic acids is 2. The van der Waals surface area contributed by atoms with Crippen molar-refractivity contribution in [2.75, 3.05) is 43.9 Å². The molecule has 4 rings (SSSR count). The minimum atomic E-state index is -3.71. The third-order valence-corrected chi connectivity index (χ3v) is 6.28. The van der Waals surface area contributed by atoms with Crippen molar-refractivity contribution in [1.82, 2.24) is 19.8 Å². The molecule has 2 aromatic carbocycles. The number of benzene rings is 2. The van der Waals surface area contributed by atoms with E-state index in [0.717, 1.165) is 6.26 Å². The van der Waals surface area contributed by atoms with E-state index in [9.17, 15) is 22.4 Å². The Morgan fingerprint density at radius 3 is 2.41 bits per heavy atom. The van der Waals surface area contributed by atoms with Gasteiger partial charge in [-0.15, -0.1) is 10.2 Å². The van der Waals surface area contributed by atoms with Crippen molar-refractivity contribution in [3.05, 3.63) is 71.7 Å². The Kier molecular flexibility index (Phi) is 7.67. The van der Waals surface area contributed by atoms with Crippen LogP contribution >= 0.6 is 0 Å². The van der Waals surface area contributed by atoms with Crippen LogP contribution in [0, 0.1) is 5.82 Å². The Balaban J connectivity index is 1.38. The van der Waals surface area contributed by atoms with E-state index >= 15 is 0 Å². The zero-order chi connectivity index (χ0) is 26.6. The second-order valence-corrected chi connectivity index (χ2v) is 10.2. The molecule has 1 aliphatic heterocycles. The van der Waals surface area contributed by atoms with E-state index in [2.05, 4.69) is 10.2 Å². The summed E-state index contributed by atoms with van der Waals surface area (Å²) < 4.78 is 44.7. The van der Waals surface area contributed by atoms with Crippen LogP contribution in [0.5, 0.6) is 5.75 Å². The van der Waals surface area contributed by atoms with Crippen LogP contribution in [-0.2, 0) is 10.0 Å². The third-order valence-electron chi connectivity index (χ3n) is 5.72. The summed E-state index contributed by atoms with van der Waals surface area (Å²) in [6, 6.07) is 14.6. The molecule has 1 saturated heterocycles. The summed E-state index contributed by atoms with van der Waals surface area (Å²) in [6.45, 7) is 4.07. The quantitative estimate of drug-likeness (QED) is 0.497. The average molecular weight is 528 g/mol. The van der Waals surface area contributed by atoms with E-state index in [0.29, 0.717) is 55.5 Å². The topological polar surface area (TPSA) is 122 Å². The number of halogens is 1. The van der Waals surface area contributed by atoms with Crippen molar-refractivity contribution in [2.45, 2.75) is 6.92 Å². The first-order valence-corrected chi connectivity index (χ1v) is 13.5. The lowest BCUT2D eigenvalue weighted by molar-refractivity contribution is 0.0745. The van der Waals surface area contributed by atoms with Gasteiger partial charge in [0.1, 0.15) is 11.6 Å². The maximum atomic E-state index is 14.9. The molecule has 37 heavy (non-hydrogen) atoms. The van der Waals surface area contributed by atoms with Crippen molar-refractivity contribution in [1.29, 1.82) is 0 Å². The summed E-state index contributed by atoms with van der Waals surface area (Å²) in [5.41, 5.74) is 1.18. The van der Waals surface area contributed by atoms with Gasteiger partial charge in [-0.2, -0.15) is 0 Å². The van der Waals surface area contributed by atoms with E-state index < -0.39 is 21.7 Å². The normalized spacial score (nSPS) is 13.8. The van der Waals surface area contributed by atoms with Crippen molar-refractivity contribution in [2.24, 2.45) is 0 Å². The van der Waals surface area contributed by atoms with Gasteiger partial charge >= 0.3 is 0 Å². The molecule has 0 bridgehead atoms. The molecule has 0 atom stereocenters. The zero-order valence-corrected chi connectivity index (χ0v) is 21.2. The third kappa shape index (κ3) is 6.39. The van der Waals surface area contributed by atoms with Gasteiger partial charge in [-0.1, -0.05) is 18.2 Å². The fourth-order valence-corrected chi connectivity index (χ4v) is 4.40. The van der Waals surface area contributed by atoms with Gasteiger partial charge < -0.3 is 14.5 Å². The van der Waals surface area contributed by atoms with E-state index in [4.69, 9.17) is 4.74 Å². The largest absolute Gasteiger partial charge is 0.494 e. The van der Waals surface area contributed by atoms with Crippen molar-refractivity contribution < 1.29 is 27.1 Å². The monoisotopic (exact) mass is 527 g/mol. The van der Waals surface area contributed by atoms with Gasteiger partial charge in [-0.3, -0.25) is 9.59 Å². The summed E-state index contributed by atoms with van der Waals surface area (Å²) >= 11 is 0. The molecule has 1 aliphatic rings. The standard InChI is InChI=1S/C25H26FN5O5S/c1-3-36-19-6-4-5-17(15-19)20-8-7-18(16-21(20)26)25(33)31-13-11-30(12-14-31)23-10-9-22(27-28-23)24(32)29-37(2,34)35/h4-10,15-16H,3,11-14H2,1-2H3,(H,29,32). The zero-order valence-electron chi connectivity index (χ0n) is 20.3. The lowest BCUT2D eigenvalue weighted by Gasteiger charge is -2.35. The van der Waals surface area contributed by atoms with Crippen LogP contribution < -0.4 is 14.4 Å². The first kappa shape index (κ1) is 26.0. The van der Waals surface area contributed by atoms with Gasteiger partial charge in [0.25, 0.3) is 11.8 Å². The smallest absolute Gasteiger partial charge is 0.285 e. The van der Waals surface area contributed by atoms with Crippen molar-refractivity contribution in [3.8, 4) is 16.9 Å². The van der Waals surface area contributed by atoms with Crippen LogP contribution in [0.4, 0.5) is 10.2 Å². The predicted molar refractivity (Wildman–Crippen MR) is 135 cm³/mol. The van der Waals surface area contributed by atoms with E-state index in [-0.39, 0.29) is 17.2 Å². The summed E-state index contributed by atoms with van der Waals surface area (Å²) in [4.78, 5) is 28.4. The maximum absolute atomic E-state index is 14.9. The molecular weight excluding hydrogens is 501 g/mol. The lowest BCUT2D eigenvalue weighted by Crippen LogP contribution is -2.49. The number of nitrogens with zero attached hydrogens (tertiary/aromatic N) is 4. The molecule has 2 heterocycles. The number of rotatable bonds is 7. The average Bonchev–Trinajstić information content (AvgIpc) is 2.88. The number of carbonyl (C=O) groups is 2. The molecule has 1 aromatic heterocycles. The highest BCUT2D eigenvalue weighted by Gasteiger charge is 2.24. The Bertz CT molecular complexity index is 1410. The van der Waals surface area contributed by atoms with Gasteiger partial charge in [0.05, 0.1) is 12.9 Å². The molecule has 1 fully saturated rings. The van der Waals surface area contributed by atoms with Crippen LogP contribution in [-0.4, -0.2) is 74.4 Å². The molecule has 0 radical (unpaired) electrons. The van der Waals surface area contributed by atoms with E-state index in [1.807, 2.05) is 16.5 Å². The molecule has 2 amide bonds. The molecule has 0 aliphatic carbocycles.